The van der Waals surface area contributed by atoms with Gasteiger partial charge < -0.3 is 5.11 Å². The molecule has 0 aliphatic heterocycles. The molecule has 0 aliphatic rings. The molecule has 1 aromatic carbocycles. The maximum absolute atomic E-state index is 10.4. The van der Waals surface area contributed by atoms with E-state index in [1.165, 1.54) is 18.2 Å². The molecule has 0 aromatic heterocycles. The number of carboxylic acids is 1. The van der Waals surface area contributed by atoms with Gasteiger partial charge in [-0.3, -0.25) is 4.79 Å². The van der Waals surface area contributed by atoms with Crippen LogP contribution in [-0.2, 0) is 0 Å². The lowest BCUT2D eigenvalue weighted by Crippen LogP contribution is -2.08. The van der Waals surface area contributed by atoms with Gasteiger partial charge in [0.15, 0.2) is 0 Å². The molecule has 0 fully saturated rings. The summed E-state index contributed by atoms with van der Waals surface area (Å²) in [6, 6.07) is 3.99. The van der Waals surface area contributed by atoms with Crippen LogP contribution in [0.1, 0.15) is 20.7 Å². The predicted octanol–water partition coefficient (Wildman–Crippen LogP) is -0.00890. The summed E-state index contributed by atoms with van der Waals surface area (Å²) >= 11 is 0. The minimum absolute atomic E-state index is 0.0251. The van der Waals surface area contributed by atoms with E-state index in [-0.39, 0.29) is 16.6 Å². The Bertz CT molecular complexity index is 333. The monoisotopic (exact) mass is 160 g/mol. The Balaban J connectivity index is 3.23. The van der Waals surface area contributed by atoms with Crippen LogP contribution in [-0.4, -0.2) is 25.2 Å². The van der Waals surface area contributed by atoms with E-state index in [0.29, 0.717) is 6.29 Å². The van der Waals surface area contributed by atoms with Crippen molar-refractivity contribution in [2.75, 3.05) is 0 Å². The van der Waals surface area contributed by atoms with Crippen molar-refractivity contribution in [1.29, 1.82) is 0 Å². The van der Waals surface area contributed by atoms with Crippen molar-refractivity contribution in [3.05, 3.63) is 29.3 Å². The minimum Gasteiger partial charge on any atom is -0.478 e. The molecule has 12 heavy (non-hydrogen) atoms. The number of benzene rings is 1. The normalized spacial score (nSPS) is 9.33. The molecule has 4 heteroatoms. The minimum atomic E-state index is -1.09. The fourth-order valence-corrected chi connectivity index (χ4v) is 0.868. The second-order valence-electron chi connectivity index (χ2n) is 2.31. The number of carbonyl (C=O) groups is 2. The zero-order valence-corrected chi connectivity index (χ0v) is 6.15. The van der Waals surface area contributed by atoms with Crippen LogP contribution in [0.4, 0.5) is 0 Å². The van der Waals surface area contributed by atoms with E-state index < -0.39 is 5.97 Å². The first-order valence-electron chi connectivity index (χ1n) is 3.22. The fraction of sp³-hybridized carbons (Fsp3) is 0. The van der Waals surface area contributed by atoms with Gasteiger partial charge in [0.2, 0.25) is 0 Å². The second kappa shape index (κ2) is 3.22. The van der Waals surface area contributed by atoms with Gasteiger partial charge in [-0.15, -0.1) is 0 Å². The second-order valence-corrected chi connectivity index (χ2v) is 2.31. The van der Waals surface area contributed by atoms with Crippen LogP contribution in [0.25, 0.3) is 0 Å². The van der Waals surface area contributed by atoms with Crippen molar-refractivity contribution in [2.45, 2.75) is 0 Å². The molecule has 1 rings (SSSR count). The van der Waals surface area contributed by atoms with E-state index in [0.717, 1.165) is 0 Å². The Labute approximate surface area is 70.4 Å². The summed E-state index contributed by atoms with van der Waals surface area (Å²) in [5.74, 6) is -1.09. The van der Waals surface area contributed by atoms with Crippen molar-refractivity contribution in [2.24, 2.45) is 0 Å². The van der Waals surface area contributed by atoms with Gasteiger partial charge >= 0.3 is 5.97 Å². The Kier molecular flexibility index (Phi) is 2.28. The van der Waals surface area contributed by atoms with Crippen LogP contribution >= 0.6 is 0 Å². The van der Waals surface area contributed by atoms with Crippen LogP contribution in [0.15, 0.2) is 18.2 Å². The number of rotatable bonds is 2. The highest BCUT2D eigenvalue weighted by Crippen LogP contribution is 2.00. The van der Waals surface area contributed by atoms with Gasteiger partial charge in [0, 0.05) is 5.56 Å². The van der Waals surface area contributed by atoms with Gasteiger partial charge in [-0.25, -0.2) is 4.79 Å². The average molecular weight is 160 g/mol. The molecule has 0 saturated heterocycles. The number of carboxylic acid groups (broad SMARTS) is 1. The quantitative estimate of drug-likeness (QED) is 0.488. The highest BCUT2D eigenvalue weighted by atomic mass is 16.4. The highest BCUT2D eigenvalue weighted by Gasteiger charge is 2.03. The van der Waals surface area contributed by atoms with E-state index in [2.05, 4.69) is 0 Å². The maximum Gasteiger partial charge on any atom is 0.335 e. The summed E-state index contributed by atoms with van der Waals surface area (Å²) in [5.41, 5.74) is 0.571. The molecule has 0 amide bonds. The molecular formula is C8H5BO3. The lowest BCUT2D eigenvalue weighted by Gasteiger charge is -1.98. The molecule has 2 radical (unpaired) electrons. The van der Waals surface area contributed by atoms with Crippen molar-refractivity contribution >= 4 is 25.6 Å². The summed E-state index contributed by atoms with van der Waals surface area (Å²) in [4.78, 5) is 20.7. The van der Waals surface area contributed by atoms with Crippen molar-refractivity contribution in [3.8, 4) is 0 Å². The van der Waals surface area contributed by atoms with E-state index in [4.69, 9.17) is 13.0 Å². The van der Waals surface area contributed by atoms with Gasteiger partial charge in [0.25, 0.3) is 0 Å². The van der Waals surface area contributed by atoms with Gasteiger partial charge in [-0.1, -0.05) is 17.6 Å². The van der Waals surface area contributed by atoms with Crippen LogP contribution in [0.3, 0.4) is 0 Å². The van der Waals surface area contributed by atoms with Gasteiger partial charge in [0.1, 0.15) is 14.1 Å². The summed E-state index contributed by atoms with van der Waals surface area (Å²) in [6.45, 7) is 0. The molecule has 58 valence electrons. The van der Waals surface area contributed by atoms with Crippen LogP contribution in [0.5, 0.6) is 0 Å². The van der Waals surface area contributed by atoms with Gasteiger partial charge in [0.05, 0.1) is 5.56 Å². The lowest BCUT2D eigenvalue weighted by atomic mass is 9.92. The fourth-order valence-electron chi connectivity index (χ4n) is 0.868. The lowest BCUT2D eigenvalue weighted by molar-refractivity contribution is 0.0697. The topological polar surface area (TPSA) is 54.4 Å². The Morgan fingerprint density at radius 2 is 2.08 bits per heavy atom. The van der Waals surface area contributed by atoms with Crippen molar-refractivity contribution in [3.63, 3.8) is 0 Å². The molecule has 0 unspecified atom stereocenters. The molecule has 0 aliphatic carbocycles. The molecule has 1 aromatic rings. The number of hydrogen-bond donors (Lipinski definition) is 1. The first kappa shape index (κ1) is 8.52. The molecule has 1 N–H and O–H groups in total. The summed E-state index contributed by atoms with van der Waals surface area (Å²) < 4.78 is 0. The van der Waals surface area contributed by atoms with E-state index in [9.17, 15) is 9.59 Å². The molecule has 0 spiro atoms. The van der Waals surface area contributed by atoms with E-state index in [1.807, 2.05) is 0 Å². The molecule has 0 bridgehead atoms. The predicted molar refractivity (Wildman–Crippen MR) is 44.2 cm³/mol. The van der Waals surface area contributed by atoms with Gasteiger partial charge in [-0.2, -0.15) is 0 Å². The molecule has 0 saturated carbocycles. The zero-order chi connectivity index (χ0) is 9.14. The number of aldehydes is 1. The number of carbonyl (C=O) groups excluding carboxylic acids is 1. The Morgan fingerprint density at radius 1 is 1.42 bits per heavy atom. The summed E-state index contributed by atoms with van der Waals surface area (Å²) in [7, 11) is 5.35. The highest BCUT2D eigenvalue weighted by molar-refractivity contribution is 6.33. The number of hydrogen-bond acceptors (Lipinski definition) is 2. The Morgan fingerprint density at radius 3 is 2.58 bits per heavy atom. The third-order valence-corrected chi connectivity index (χ3v) is 1.36. The smallest absolute Gasteiger partial charge is 0.335 e. The zero-order valence-electron chi connectivity index (χ0n) is 6.15. The average Bonchev–Trinajstić information content (AvgIpc) is 2.03. The SMILES string of the molecule is [B]c1cc(C=O)cc(C(=O)O)c1. The molecule has 0 atom stereocenters. The third-order valence-electron chi connectivity index (χ3n) is 1.36. The standard InChI is InChI=1S/C8H5BO3/c9-7-2-5(4-10)1-6(3-7)8(11)12/h1-4H,(H,11,12). The molecule has 0 heterocycles. The van der Waals surface area contributed by atoms with E-state index in [1.54, 1.807) is 0 Å². The molecular weight excluding hydrogens is 155 g/mol. The summed E-state index contributed by atoms with van der Waals surface area (Å²) in [6.07, 6.45) is 0.558. The first-order valence-corrected chi connectivity index (χ1v) is 3.22. The van der Waals surface area contributed by atoms with Crippen LogP contribution in [0.2, 0.25) is 0 Å². The van der Waals surface area contributed by atoms with Crippen molar-refractivity contribution < 1.29 is 14.7 Å². The maximum atomic E-state index is 10.4. The Hall–Kier alpha value is -1.58. The van der Waals surface area contributed by atoms with E-state index >= 15 is 0 Å². The third kappa shape index (κ3) is 1.72. The molecule has 3 nitrogen and oxygen atoms in total. The number of aromatic carboxylic acids is 1. The van der Waals surface area contributed by atoms with Crippen LogP contribution < -0.4 is 5.46 Å². The van der Waals surface area contributed by atoms with Gasteiger partial charge in [-0.05, 0) is 6.07 Å². The first-order chi connectivity index (χ1) is 5.63. The van der Waals surface area contributed by atoms with Crippen molar-refractivity contribution in [1.82, 2.24) is 0 Å². The largest absolute Gasteiger partial charge is 0.478 e. The van der Waals surface area contributed by atoms with Crippen LogP contribution in [0, 0.1) is 0 Å². The summed E-state index contributed by atoms with van der Waals surface area (Å²) in [5, 5.41) is 8.56.